The summed E-state index contributed by atoms with van der Waals surface area (Å²) in [5.41, 5.74) is 0.614. The van der Waals surface area contributed by atoms with E-state index in [-0.39, 0.29) is 0 Å². The Balaban J connectivity index is 2.37. The minimum Gasteiger partial charge on any atom is -0.312 e. The molecule has 1 heterocycles. The molecule has 0 saturated carbocycles. The fourth-order valence-corrected chi connectivity index (χ4v) is 3.22. The zero-order valence-corrected chi connectivity index (χ0v) is 13.3. The van der Waals surface area contributed by atoms with E-state index in [1.165, 1.54) is 45.2 Å². The van der Waals surface area contributed by atoms with Crippen molar-refractivity contribution in [1.82, 2.24) is 10.2 Å². The summed E-state index contributed by atoms with van der Waals surface area (Å²) in [7, 11) is 0. The van der Waals surface area contributed by atoms with Crippen molar-refractivity contribution in [2.75, 3.05) is 19.6 Å². The maximum atomic E-state index is 3.72. The van der Waals surface area contributed by atoms with Gasteiger partial charge in [-0.1, -0.05) is 27.7 Å². The summed E-state index contributed by atoms with van der Waals surface area (Å²) in [6.07, 6.45) is 6.57. The summed E-state index contributed by atoms with van der Waals surface area (Å²) in [6, 6.07) is 1.39. The van der Waals surface area contributed by atoms with Crippen molar-refractivity contribution in [3.63, 3.8) is 0 Å². The molecule has 2 nitrogen and oxygen atoms in total. The molecule has 18 heavy (non-hydrogen) atoms. The molecule has 1 fully saturated rings. The Kier molecular flexibility index (Phi) is 6.65. The van der Waals surface area contributed by atoms with Crippen molar-refractivity contribution in [2.24, 2.45) is 5.41 Å². The lowest BCUT2D eigenvalue weighted by Gasteiger charge is -2.30. The molecule has 0 aromatic rings. The molecule has 0 aliphatic carbocycles. The first-order valence-electron chi connectivity index (χ1n) is 8.08. The van der Waals surface area contributed by atoms with E-state index in [0.717, 1.165) is 6.54 Å². The van der Waals surface area contributed by atoms with E-state index in [9.17, 15) is 0 Å². The Labute approximate surface area is 115 Å². The number of nitrogens with zero attached hydrogens (tertiary/aromatic N) is 1. The zero-order chi connectivity index (χ0) is 13.6. The summed E-state index contributed by atoms with van der Waals surface area (Å²) < 4.78 is 0. The molecule has 1 aliphatic rings. The SMILES string of the molecule is CCC(CC)NCC(C)N1CCC(CC)(CC)C1. The quantitative estimate of drug-likeness (QED) is 0.711. The molecule has 0 radical (unpaired) electrons. The van der Waals surface area contributed by atoms with Crippen LogP contribution in [0.2, 0.25) is 0 Å². The molecular formula is C16H34N2. The molecule has 2 heteroatoms. The molecule has 1 atom stereocenters. The summed E-state index contributed by atoms with van der Waals surface area (Å²) >= 11 is 0. The van der Waals surface area contributed by atoms with Gasteiger partial charge >= 0.3 is 0 Å². The molecule has 0 amide bonds. The van der Waals surface area contributed by atoms with Gasteiger partial charge in [0, 0.05) is 25.2 Å². The van der Waals surface area contributed by atoms with Gasteiger partial charge in [0.1, 0.15) is 0 Å². The first kappa shape index (κ1) is 16.0. The highest BCUT2D eigenvalue weighted by atomic mass is 15.2. The van der Waals surface area contributed by atoms with Crippen LogP contribution in [0.25, 0.3) is 0 Å². The third-order valence-electron chi connectivity index (χ3n) is 5.28. The maximum Gasteiger partial charge on any atom is 0.0192 e. The normalized spacial score (nSPS) is 21.7. The predicted octanol–water partition coefficient (Wildman–Crippen LogP) is 3.67. The Morgan fingerprint density at radius 2 is 1.72 bits per heavy atom. The van der Waals surface area contributed by atoms with Crippen LogP contribution >= 0.6 is 0 Å². The Bertz CT molecular complexity index is 219. The molecule has 1 unspecified atom stereocenters. The molecule has 1 rings (SSSR count). The van der Waals surface area contributed by atoms with Gasteiger partial charge < -0.3 is 5.32 Å². The molecule has 0 bridgehead atoms. The fraction of sp³-hybridized carbons (Fsp3) is 1.00. The van der Waals surface area contributed by atoms with Crippen molar-refractivity contribution >= 4 is 0 Å². The maximum absolute atomic E-state index is 3.72. The van der Waals surface area contributed by atoms with Crippen molar-refractivity contribution in [2.45, 2.75) is 78.8 Å². The summed E-state index contributed by atoms with van der Waals surface area (Å²) in [6.45, 7) is 15.4. The van der Waals surface area contributed by atoms with Crippen LogP contribution in [-0.4, -0.2) is 36.6 Å². The minimum absolute atomic E-state index is 0.614. The monoisotopic (exact) mass is 254 g/mol. The second-order valence-corrected chi connectivity index (χ2v) is 6.20. The molecule has 1 saturated heterocycles. The molecular weight excluding hydrogens is 220 g/mol. The Morgan fingerprint density at radius 3 is 2.17 bits per heavy atom. The summed E-state index contributed by atoms with van der Waals surface area (Å²) in [5, 5.41) is 3.72. The van der Waals surface area contributed by atoms with E-state index in [2.05, 4.69) is 44.8 Å². The summed E-state index contributed by atoms with van der Waals surface area (Å²) in [4.78, 5) is 2.70. The second kappa shape index (κ2) is 7.49. The highest BCUT2D eigenvalue weighted by Crippen LogP contribution is 2.37. The number of likely N-dealkylation sites (tertiary alicyclic amines) is 1. The van der Waals surface area contributed by atoms with E-state index in [0.29, 0.717) is 17.5 Å². The highest BCUT2D eigenvalue weighted by Gasteiger charge is 2.36. The van der Waals surface area contributed by atoms with Crippen LogP contribution in [0.5, 0.6) is 0 Å². The predicted molar refractivity (Wildman–Crippen MR) is 81.0 cm³/mol. The third-order valence-corrected chi connectivity index (χ3v) is 5.28. The van der Waals surface area contributed by atoms with Gasteiger partial charge in [-0.3, -0.25) is 4.90 Å². The van der Waals surface area contributed by atoms with E-state index in [4.69, 9.17) is 0 Å². The van der Waals surface area contributed by atoms with E-state index < -0.39 is 0 Å². The van der Waals surface area contributed by atoms with E-state index in [1.54, 1.807) is 0 Å². The van der Waals surface area contributed by atoms with Crippen LogP contribution in [0, 0.1) is 5.41 Å². The van der Waals surface area contributed by atoms with Crippen LogP contribution in [0.15, 0.2) is 0 Å². The summed E-state index contributed by atoms with van der Waals surface area (Å²) in [5.74, 6) is 0. The fourth-order valence-electron chi connectivity index (χ4n) is 3.22. The lowest BCUT2D eigenvalue weighted by Crippen LogP contribution is -2.43. The minimum atomic E-state index is 0.614. The number of hydrogen-bond acceptors (Lipinski definition) is 2. The van der Waals surface area contributed by atoms with Crippen LogP contribution in [0.4, 0.5) is 0 Å². The molecule has 1 aliphatic heterocycles. The van der Waals surface area contributed by atoms with Crippen LogP contribution in [-0.2, 0) is 0 Å². The Hall–Kier alpha value is -0.0800. The lowest BCUT2D eigenvalue weighted by atomic mass is 9.82. The highest BCUT2D eigenvalue weighted by molar-refractivity contribution is 4.90. The van der Waals surface area contributed by atoms with Gasteiger partial charge in [-0.25, -0.2) is 0 Å². The van der Waals surface area contributed by atoms with Crippen molar-refractivity contribution < 1.29 is 0 Å². The van der Waals surface area contributed by atoms with Crippen molar-refractivity contribution in [3.05, 3.63) is 0 Å². The number of hydrogen-bond donors (Lipinski definition) is 1. The van der Waals surface area contributed by atoms with E-state index in [1.807, 2.05) is 0 Å². The average molecular weight is 254 g/mol. The smallest absolute Gasteiger partial charge is 0.0192 e. The van der Waals surface area contributed by atoms with Gasteiger partial charge in [-0.05, 0) is 51.0 Å². The van der Waals surface area contributed by atoms with Crippen molar-refractivity contribution in [1.29, 1.82) is 0 Å². The molecule has 1 N–H and O–H groups in total. The van der Waals surface area contributed by atoms with Gasteiger partial charge in [0.15, 0.2) is 0 Å². The molecule has 0 aromatic carbocycles. The number of nitrogens with one attached hydrogen (secondary N) is 1. The largest absolute Gasteiger partial charge is 0.312 e. The topological polar surface area (TPSA) is 15.3 Å². The standard InChI is InChI=1S/C16H34N2/c1-6-15(7-2)17-12-14(5)18-11-10-16(8-3,9-4)13-18/h14-15,17H,6-13H2,1-5H3. The average Bonchev–Trinajstić information content (AvgIpc) is 2.85. The number of rotatable bonds is 8. The van der Waals surface area contributed by atoms with Crippen LogP contribution < -0.4 is 5.32 Å². The van der Waals surface area contributed by atoms with Gasteiger partial charge in [-0.15, -0.1) is 0 Å². The van der Waals surface area contributed by atoms with Crippen LogP contribution in [0.3, 0.4) is 0 Å². The second-order valence-electron chi connectivity index (χ2n) is 6.20. The first-order chi connectivity index (χ1) is 8.60. The zero-order valence-electron chi connectivity index (χ0n) is 13.3. The van der Waals surface area contributed by atoms with Gasteiger partial charge in [0.05, 0.1) is 0 Å². The van der Waals surface area contributed by atoms with Crippen molar-refractivity contribution in [3.8, 4) is 0 Å². The van der Waals surface area contributed by atoms with Gasteiger partial charge in [-0.2, -0.15) is 0 Å². The molecule has 0 aromatic heterocycles. The molecule has 0 spiro atoms. The van der Waals surface area contributed by atoms with Crippen LogP contribution in [0.1, 0.15) is 66.7 Å². The first-order valence-corrected chi connectivity index (χ1v) is 8.08. The van der Waals surface area contributed by atoms with E-state index >= 15 is 0 Å². The molecule has 108 valence electrons. The third kappa shape index (κ3) is 3.96. The lowest BCUT2D eigenvalue weighted by molar-refractivity contribution is 0.196. The Morgan fingerprint density at radius 1 is 1.11 bits per heavy atom. The van der Waals surface area contributed by atoms with Gasteiger partial charge in [0.2, 0.25) is 0 Å². The van der Waals surface area contributed by atoms with Gasteiger partial charge in [0.25, 0.3) is 0 Å².